The van der Waals surface area contributed by atoms with Crippen LogP contribution in [0.25, 0.3) is 0 Å². The molecule has 0 aromatic rings. The van der Waals surface area contributed by atoms with Crippen molar-refractivity contribution in [3.05, 3.63) is 0 Å². The molecule has 2 nitrogen and oxygen atoms in total. The average molecular weight is 276 g/mol. The second kappa shape index (κ2) is 4.09. The first-order valence-corrected chi connectivity index (χ1v) is 8.65. The fraction of sp³-hybridized carbons (Fsp3) is 0.944. The standard InChI is InChI=1S/C18H28O2/c1-17-8-7-15-13(14(17)5-6-16(17)20)4-3-11-9-12(19)10-18(11,15)2/h11,13-16,20H,3-10H2,1-2H3/t11-,13+,14-,15-,16-,17+,18-/m0/s1. The topological polar surface area (TPSA) is 37.3 Å². The van der Waals surface area contributed by atoms with E-state index in [1.165, 1.54) is 32.1 Å². The minimum Gasteiger partial charge on any atom is -0.393 e. The van der Waals surface area contributed by atoms with Crippen LogP contribution < -0.4 is 0 Å². The molecule has 0 spiro atoms. The molecule has 4 saturated carbocycles. The van der Waals surface area contributed by atoms with Gasteiger partial charge in [0, 0.05) is 12.8 Å². The number of fused-ring (bicyclic) bond motifs is 5. The summed E-state index contributed by atoms with van der Waals surface area (Å²) in [5, 5.41) is 10.4. The molecule has 4 aliphatic rings. The highest BCUT2D eigenvalue weighted by Crippen LogP contribution is 2.66. The van der Waals surface area contributed by atoms with Crippen LogP contribution >= 0.6 is 0 Å². The zero-order valence-electron chi connectivity index (χ0n) is 12.9. The number of ketones is 1. The molecule has 4 aliphatic carbocycles. The third kappa shape index (κ3) is 1.52. The Balaban J connectivity index is 1.67. The zero-order valence-corrected chi connectivity index (χ0v) is 12.9. The molecule has 0 saturated heterocycles. The lowest BCUT2D eigenvalue weighted by Crippen LogP contribution is -2.51. The van der Waals surface area contributed by atoms with E-state index < -0.39 is 0 Å². The minimum absolute atomic E-state index is 0.0795. The molecule has 0 aromatic heterocycles. The molecule has 1 N–H and O–H groups in total. The second-order valence-corrected chi connectivity index (χ2v) is 8.71. The first-order chi connectivity index (χ1) is 9.45. The third-order valence-corrected chi connectivity index (χ3v) is 8.07. The molecule has 2 heteroatoms. The third-order valence-electron chi connectivity index (χ3n) is 8.07. The molecule has 0 radical (unpaired) electrons. The van der Waals surface area contributed by atoms with Gasteiger partial charge in [0.05, 0.1) is 6.10 Å². The van der Waals surface area contributed by atoms with Crippen LogP contribution in [0.2, 0.25) is 0 Å². The summed E-state index contributed by atoms with van der Waals surface area (Å²) in [4.78, 5) is 12.0. The minimum atomic E-state index is -0.0795. The maximum Gasteiger partial charge on any atom is 0.133 e. The van der Waals surface area contributed by atoms with Gasteiger partial charge >= 0.3 is 0 Å². The second-order valence-electron chi connectivity index (χ2n) is 8.71. The van der Waals surface area contributed by atoms with Crippen molar-refractivity contribution >= 4 is 5.78 Å². The summed E-state index contributed by atoms with van der Waals surface area (Å²) in [5.74, 6) is 3.41. The smallest absolute Gasteiger partial charge is 0.133 e. The van der Waals surface area contributed by atoms with E-state index >= 15 is 0 Å². The molecule has 0 aromatic carbocycles. The molecule has 0 heterocycles. The van der Waals surface area contributed by atoms with Crippen LogP contribution in [-0.2, 0) is 4.79 Å². The number of aliphatic hydroxyl groups excluding tert-OH is 1. The van der Waals surface area contributed by atoms with E-state index in [-0.39, 0.29) is 16.9 Å². The van der Waals surface area contributed by atoms with E-state index in [4.69, 9.17) is 0 Å². The average Bonchev–Trinajstić information content (AvgIpc) is 2.86. The summed E-state index contributed by atoms with van der Waals surface area (Å²) in [6.45, 7) is 4.74. The zero-order chi connectivity index (χ0) is 14.1. The van der Waals surface area contributed by atoms with Crippen molar-refractivity contribution in [3.8, 4) is 0 Å². The van der Waals surface area contributed by atoms with Crippen LogP contribution in [0.5, 0.6) is 0 Å². The highest BCUT2D eigenvalue weighted by Gasteiger charge is 2.61. The van der Waals surface area contributed by atoms with Crippen LogP contribution in [-0.4, -0.2) is 17.0 Å². The van der Waals surface area contributed by atoms with E-state index in [0.29, 0.717) is 17.6 Å². The normalized spacial score (nSPS) is 58.1. The summed E-state index contributed by atoms with van der Waals surface area (Å²) in [5.41, 5.74) is 0.460. The molecule has 20 heavy (non-hydrogen) atoms. The Hall–Kier alpha value is -0.370. The predicted molar refractivity (Wildman–Crippen MR) is 78.1 cm³/mol. The number of aliphatic hydroxyl groups is 1. The highest BCUT2D eigenvalue weighted by molar-refractivity contribution is 5.82. The summed E-state index contributed by atoms with van der Waals surface area (Å²) in [6.07, 6.45) is 8.82. The van der Waals surface area contributed by atoms with Crippen LogP contribution in [0.15, 0.2) is 0 Å². The van der Waals surface area contributed by atoms with Gasteiger partial charge in [-0.05, 0) is 73.0 Å². The molecule has 0 amide bonds. The van der Waals surface area contributed by atoms with Gasteiger partial charge < -0.3 is 5.11 Å². The highest BCUT2D eigenvalue weighted by atomic mass is 16.3. The summed E-state index contributed by atoms with van der Waals surface area (Å²) in [6, 6.07) is 0. The van der Waals surface area contributed by atoms with E-state index in [1.54, 1.807) is 0 Å². The molecule has 7 atom stereocenters. The van der Waals surface area contributed by atoms with Gasteiger partial charge in [-0.3, -0.25) is 4.79 Å². The van der Waals surface area contributed by atoms with Gasteiger partial charge in [0.1, 0.15) is 5.78 Å². The monoisotopic (exact) mass is 276 g/mol. The van der Waals surface area contributed by atoms with Crippen LogP contribution in [0.3, 0.4) is 0 Å². The quantitative estimate of drug-likeness (QED) is 0.734. The number of hydrogen-bond donors (Lipinski definition) is 1. The Bertz CT molecular complexity index is 445. The fourth-order valence-corrected chi connectivity index (χ4v) is 6.89. The maximum absolute atomic E-state index is 12.0. The fourth-order valence-electron chi connectivity index (χ4n) is 6.89. The molecule has 4 fully saturated rings. The number of hydrogen-bond acceptors (Lipinski definition) is 2. The Kier molecular flexibility index (Phi) is 2.72. The number of Topliss-reactive ketones (excluding diaryl/α,β-unsaturated/α-hetero) is 1. The van der Waals surface area contributed by atoms with Crippen molar-refractivity contribution in [3.63, 3.8) is 0 Å². The largest absolute Gasteiger partial charge is 0.393 e. The Morgan fingerprint density at radius 2 is 1.75 bits per heavy atom. The first kappa shape index (κ1) is 13.3. The van der Waals surface area contributed by atoms with E-state index in [0.717, 1.165) is 31.1 Å². The van der Waals surface area contributed by atoms with Crippen LogP contribution in [0.4, 0.5) is 0 Å². The van der Waals surface area contributed by atoms with Crippen molar-refractivity contribution < 1.29 is 9.90 Å². The first-order valence-electron chi connectivity index (χ1n) is 8.65. The molecule has 0 bridgehead atoms. The Labute approximate surface area is 122 Å². The van der Waals surface area contributed by atoms with Gasteiger partial charge in [-0.2, -0.15) is 0 Å². The summed E-state index contributed by atoms with van der Waals surface area (Å²) in [7, 11) is 0. The summed E-state index contributed by atoms with van der Waals surface area (Å²) >= 11 is 0. The molecule has 112 valence electrons. The van der Waals surface area contributed by atoms with Crippen molar-refractivity contribution in [1.82, 2.24) is 0 Å². The molecule has 4 rings (SSSR count). The lowest BCUT2D eigenvalue weighted by molar-refractivity contribution is -0.119. The van der Waals surface area contributed by atoms with Crippen molar-refractivity contribution in [2.24, 2.45) is 34.5 Å². The SMILES string of the molecule is C[C@]12CC(=O)C[C@@H]1CC[C@H]1[C@@H]2CC[C@@]2(C)[C@@H](O)CC[C@@H]12. The number of carbonyl (C=O) groups is 1. The van der Waals surface area contributed by atoms with Crippen LogP contribution in [0.1, 0.15) is 65.2 Å². The molecule has 0 unspecified atom stereocenters. The van der Waals surface area contributed by atoms with E-state index in [2.05, 4.69) is 13.8 Å². The van der Waals surface area contributed by atoms with Gasteiger partial charge in [0.25, 0.3) is 0 Å². The molecular weight excluding hydrogens is 248 g/mol. The summed E-state index contributed by atoms with van der Waals surface area (Å²) < 4.78 is 0. The van der Waals surface area contributed by atoms with Crippen LogP contribution in [0, 0.1) is 34.5 Å². The van der Waals surface area contributed by atoms with Gasteiger partial charge in [0.15, 0.2) is 0 Å². The van der Waals surface area contributed by atoms with Gasteiger partial charge in [-0.25, -0.2) is 0 Å². The Morgan fingerprint density at radius 3 is 2.55 bits per heavy atom. The van der Waals surface area contributed by atoms with Gasteiger partial charge in [0.2, 0.25) is 0 Å². The maximum atomic E-state index is 12.0. The Morgan fingerprint density at radius 1 is 1.00 bits per heavy atom. The molecular formula is C18H28O2. The van der Waals surface area contributed by atoms with Gasteiger partial charge in [-0.15, -0.1) is 0 Å². The lowest BCUT2D eigenvalue weighted by Gasteiger charge is -2.56. The van der Waals surface area contributed by atoms with E-state index in [9.17, 15) is 9.90 Å². The predicted octanol–water partition coefficient (Wildman–Crippen LogP) is 3.57. The number of carbonyl (C=O) groups excluding carboxylic acids is 1. The van der Waals surface area contributed by atoms with E-state index in [1.807, 2.05) is 0 Å². The number of rotatable bonds is 0. The van der Waals surface area contributed by atoms with Crippen molar-refractivity contribution in [2.45, 2.75) is 71.3 Å². The van der Waals surface area contributed by atoms with Crippen molar-refractivity contribution in [1.29, 1.82) is 0 Å². The lowest BCUT2D eigenvalue weighted by atomic mass is 9.48. The van der Waals surface area contributed by atoms with Gasteiger partial charge in [-0.1, -0.05) is 13.8 Å². The van der Waals surface area contributed by atoms with Crippen molar-refractivity contribution in [2.75, 3.05) is 0 Å². The molecule has 0 aliphatic heterocycles.